The van der Waals surface area contributed by atoms with Crippen molar-refractivity contribution >= 4 is 28.2 Å². The summed E-state index contributed by atoms with van der Waals surface area (Å²) < 4.78 is 5.42. The molecule has 2 aliphatic heterocycles. The number of carbonyl (C=O) groups excluding carboxylic acids is 1. The fraction of sp³-hybridized carbons (Fsp3) is 0.529. The van der Waals surface area contributed by atoms with Crippen molar-refractivity contribution in [2.24, 2.45) is 5.92 Å². The van der Waals surface area contributed by atoms with E-state index in [1.807, 2.05) is 12.1 Å². The van der Waals surface area contributed by atoms with Gasteiger partial charge in [-0.2, -0.15) is 0 Å². The maximum absolute atomic E-state index is 12.2. The van der Waals surface area contributed by atoms with Crippen molar-refractivity contribution in [3.05, 3.63) is 29.4 Å². The molecule has 0 bridgehead atoms. The van der Waals surface area contributed by atoms with E-state index in [2.05, 4.69) is 30.3 Å². The Balaban J connectivity index is 1.31. The van der Waals surface area contributed by atoms with Crippen molar-refractivity contribution in [1.29, 1.82) is 0 Å². The van der Waals surface area contributed by atoms with Crippen LogP contribution in [-0.4, -0.2) is 71.9 Å². The molecule has 4 rings (SSSR count). The molecule has 0 spiro atoms. The number of pyridine rings is 1. The summed E-state index contributed by atoms with van der Waals surface area (Å²) in [5.74, 6) is 1.38. The van der Waals surface area contributed by atoms with Crippen LogP contribution >= 0.6 is 11.3 Å². The zero-order valence-corrected chi connectivity index (χ0v) is 15.3. The molecule has 26 heavy (non-hydrogen) atoms. The molecule has 1 N–H and O–H groups in total. The molecule has 0 radical (unpaired) electrons. The van der Waals surface area contributed by atoms with E-state index >= 15 is 0 Å². The molecule has 2 aromatic heterocycles. The molecule has 1 unspecified atom stereocenters. The monoisotopic (exact) mass is 374 g/mol. The average Bonchev–Trinajstić information content (AvgIpc) is 3.35. The number of nitrogens with one attached hydrogen (secondary N) is 1. The molecule has 2 saturated heterocycles. The van der Waals surface area contributed by atoms with Crippen molar-refractivity contribution in [2.75, 3.05) is 56.2 Å². The Morgan fingerprint density at radius 3 is 2.92 bits per heavy atom. The van der Waals surface area contributed by atoms with Crippen LogP contribution in [0.15, 0.2) is 23.8 Å². The summed E-state index contributed by atoms with van der Waals surface area (Å²) in [6.45, 7) is 6.92. The standard InChI is InChI=1S/C17H22N6O2S/c24-16(20-17-21-19-12-26-17)14-1-2-15(18-9-14)23-4-3-13(11-23)10-22-5-7-25-8-6-22/h1-2,9,12-13H,3-8,10-11H2,(H,20,21,24). The molecule has 138 valence electrons. The van der Waals surface area contributed by atoms with E-state index in [0.717, 1.165) is 51.8 Å². The molecule has 4 heterocycles. The van der Waals surface area contributed by atoms with E-state index in [0.29, 0.717) is 16.6 Å². The molecular formula is C17H22N6O2S. The molecule has 0 saturated carbocycles. The van der Waals surface area contributed by atoms with Gasteiger partial charge in [0.2, 0.25) is 5.13 Å². The van der Waals surface area contributed by atoms with Crippen molar-refractivity contribution in [3.63, 3.8) is 0 Å². The second-order valence-electron chi connectivity index (χ2n) is 6.62. The van der Waals surface area contributed by atoms with E-state index in [-0.39, 0.29) is 5.91 Å². The first-order valence-corrected chi connectivity index (χ1v) is 9.74. The van der Waals surface area contributed by atoms with Crippen LogP contribution in [0.4, 0.5) is 10.9 Å². The number of rotatable bonds is 5. The number of ether oxygens (including phenoxy) is 1. The van der Waals surface area contributed by atoms with Crippen molar-refractivity contribution < 1.29 is 9.53 Å². The number of amides is 1. The van der Waals surface area contributed by atoms with Crippen LogP contribution in [0.2, 0.25) is 0 Å². The molecule has 0 aromatic carbocycles. The molecule has 1 amide bonds. The molecule has 9 heteroatoms. The van der Waals surface area contributed by atoms with Gasteiger partial charge in [0.15, 0.2) is 0 Å². The highest BCUT2D eigenvalue weighted by molar-refractivity contribution is 7.13. The van der Waals surface area contributed by atoms with E-state index in [1.54, 1.807) is 11.7 Å². The summed E-state index contributed by atoms with van der Waals surface area (Å²) in [7, 11) is 0. The van der Waals surface area contributed by atoms with Gasteiger partial charge in [0.1, 0.15) is 11.3 Å². The largest absolute Gasteiger partial charge is 0.379 e. The Morgan fingerprint density at radius 1 is 1.31 bits per heavy atom. The Bertz CT molecular complexity index is 717. The van der Waals surface area contributed by atoms with Crippen LogP contribution < -0.4 is 10.2 Å². The second kappa shape index (κ2) is 8.07. The van der Waals surface area contributed by atoms with E-state index in [1.165, 1.54) is 17.8 Å². The lowest BCUT2D eigenvalue weighted by Crippen LogP contribution is -2.39. The lowest BCUT2D eigenvalue weighted by atomic mass is 10.1. The molecule has 0 aliphatic carbocycles. The first-order chi connectivity index (χ1) is 12.8. The third-order valence-corrected chi connectivity index (χ3v) is 5.43. The van der Waals surface area contributed by atoms with Crippen LogP contribution in [-0.2, 0) is 4.74 Å². The number of aromatic nitrogens is 3. The van der Waals surface area contributed by atoms with Gasteiger partial charge < -0.3 is 9.64 Å². The highest BCUT2D eigenvalue weighted by Gasteiger charge is 2.26. The Hall–Kier alpha value is -2.10. The zero-order valence-electron chi connectivity index (χ0n) is 14.5. The van der Waals surface area contributed by atoms with Crippen LogP contribution in [0.25, 0.3) is 0 Å². The van der Waals surface area contributed by atoms with Gasteiger partial charge in [0.25, 0.3) is 5.91 Å². The molecule has 1 atom stereocenters. The number of nitrogens with zero attached hydrogens (tertiary/aromatic N) is 5. The first kappa shape index (κ1) is 17.3. The number of morpholine rings is 1. The summed E-state index contributed by atoms with van der Waals surface area (Å²) >= 11 is 1.29. The summed E-state index contributed by atoms with van der Waals surface area (Å²) in [4.78, 5) is 21.5. The second-order valence-corrected chi connectivity index (χ2v) is 7.45. The van der Waals surface area contributed by atoms with Gasteiger partial charge >= 0.3 is 0 Å². The predicted octanol–water partition coefficient (Wildman–Crippen LogP) is 1.34. The first-order valence-electron chi connectivity index (χ1n) is 8.86. The number of hydrogen-bond donors (Lipinski definition) is 1. The molecule has 8 nitrogen and oxygen atoms in total. The summed E-state index contributed by atoms with van der Waals surface area (Å²) in [5.41, 5.74) is 2.10. The van der Waals surface area contributed by atoms with Crippen LogP contribution in [0.3, 0.4) is 0 Å². The average molecular weight is 374 g/mol. The lowest BCUT2D eigenvalue weighted by Gasteiger charge is -2.29. The molecule has 2 fully saturated rings. The van der Waals surface area contributed by atoms with Gasteiger partial charge in [-0.25, -0.2) is 4.98 Å². The number of hydrogen-bond acceptors (Lipinski definition) is 8. The quantitative estimate of drug-likeness (QED) is 0.846. The van der Waals surface area contributed by atoms with Gasteiger partial charge in [0.05, 0.1) is 18.8 Å². The highest BCUT2D eigenvalue weighted by Crippen LogP contribution is 2.23. The maximum Gasteiger partial charge on any atom is 0.259 e. The summed E-state index contributed by atoms with van der Waals surface area (Å²) in [6.07, 6.45) is 2.80. The van der Waals surface area contributed by atoms with Crippen molar-refractivity contribution in [3.8, 4) is 0 Å². The van der Waals surface area contributed by atoms with Crippen LogP contribution in [0.5, 0.6) is 0 Å². The smallest absolute Gasteiger partial charge is 0.259 e. The normalized spacial score (nSPS) is 21.1. The minimum absolute atomic E-state index is 0.215. The Labute approximate surface area is 156 Å². The summed E-state index contributed by atoms with van der Waals surface area (Å²) in [6, 6.07) is 3.74. The molecule has 2 aromatic rings. The van der Waals surface area contributed by atoms with Gasteiger partial charge in [0, 0.05) is 38.9 Å². The highest BCUT2D eigenvalue weighted by atomic mass is 32.1. The van der Waals surface area contributed by atoms with Gasteiger partial charge in [-0.15, -0.1) is 10.2 Å². The van der Waals surface area contributed by atoms with E-state index in [9.17, 15) is 4.79 Å². The molecule has 2 aliphatic rings. The van der Waals surface area contributed by atoms with Gasteiger partial charge in [-0.1, -0.05) is 11.3 Å². The fourth-order valence-electron chi connectivity index (χ4n) is 3.44. The minimum atomic E-state index is -0.215. The molecular weight excluding hydrogens is 352 g/mol. The minimum Gasteiger partial charge on any atom is -0.379 e. The van der Waals surface area contributed by atoms with E-state index in [4.69, 9.17) is 4.74 Å². The Morgan fingerprint density at radius 2 is 2.19 bits per heavy atom. The zero-order chi connectivity index (χ0) is 17.8. The van der Waals surface area contributed by atoms with Crippen LogP contribution in [0, 0.1) is 5.92 Å². The van der Waals surface area contributed by atoms with Crippen molar-refractivity contribution in [1.82, 2.24) is 20.1 Å². The Kier molecular flexibility index (Phi) is 5.37. The SMILES string of the molecule is O=C(Nc1nncs1)c1ccc(N2CCC(CN3CCOCC3)C2)nc1. The third kappa shape index (κ3) is 4.17. The van der Waals surface area contributed by atoms with Crippen molar-refractivity contribution in [2.45, 2.75) is 6.42 Å². The van der Waals surface area contributed by atoms with Gasteiger partial charge in [-0.3, -0.25) is 15.0 Å². The maximum atomic E-state index is 12.2. The van der Waals surface area contributed by atoms with Crippen LogP contribution in [0.1, 0.15) is 16.8 Å². The number of anilines is 2. The van der Waals surface area contributed by atoms with Gasteiger partial charge in [-0.05, 0) is 24.5 Å². The number of carbonyl (C=O) groups is 1. The predicted molar refractivity (Wildman–Crippen MR) is 99.7 cm³/mol. The fourth-order valence-corrected chi connectivity index (χ4v) is 3.88. The topological polar surface area (TPSA) is 83.5 Å². The summed E-state index contributed by atoms with van der Waals surface area (Å²) in [5, 5.41) is 10.7. The third-order valence-electron chi connectivity index (χ3n) is 4.82. The van der Waals surface area contributed by atoms with E-state index < -0.39 is 0 Å². The lowest BCUT2D eigenvalue weighted by molar-refractivity contribution is 0.0320.